The minimum absolute atomic E-state index is 0.0572. The van der Waals surface area contributed by atoms with E-state index < -0.39 is 20.0 Å². The summed E-state index contributed by atoms with van der Waals surface area (Å²) < 4.78 is 23.7. The number of rotatable bonds is 56. The molecule has 3 unspecified atom stereocenters. The number of unbranched alkanes of at least 4 members (excludes halogenated alkanes) is 39. The van der Waals surface area contributed by atoms with Crippen molar-refractivity contribution < 1.29 is 32.9 Å². The normalized spacial score (nSPS) is 14.1. The molecule has 8 nitrogen and oxygen atoms in total. The zero-order valence-corrected chi connectivity index (χ0v) is 48.2. The van der Waals surface area contributed by atoms with Crippen molar-refractivity contribution in [3.8, 4) is 0 Å². The first-order valence-electron chi connectivity index (χ1n) is 30.4. The summed E-state index contributed by atoms with van der Waals surface area (Å²) in [6, 6.07) is -0.863. The highest BCUT2D eigenvalue weighted by Crippen LogP contribution is 2.43. The van der Waals surface area contributed by atoms with Crippen molar-refractivity contribution in [1.82, 2.24) is 5.32 Å². The second kappa shape index (κ2) is 52.6. The number of hydrogen-bond acceptors (Lipinski definition) is 5. The number of phosphoric acid groups is 1. The molecule has 0 aliphatic carbocycles. The Labute approximate surface area is 436 Å². The predicted molar refractivity (Wildman–Crippen MR) is 304 cm³/mol. The summed E-state index contributed by atoms with van der Waals surface area (Å²) in [6.07, 6.45) is 68.3. The molecule has 0 spiro atoms. The smallest absolute Gasteiger partial charge is 0.387 e. The Morgan fingerprint density at radius 1 is 0.471 bits per heavy atom. The molecule has 0 radical (unpaired) electrons. The first-order valence-corrected chi connectivity index (χ1v) is 31.9. The lowest BCUT2D eigenvalue weighted by molar-refractivity contribution is -0.870. The number of carbonyl (C=O) groups excluding carboxylic acids is 1. The number of allylic oxidation sites excluding steroid dienone is 5. The fourth-order valence-electron chi connectivity index (χ4n) is 9.06. The van der Waals surface area contributed by atoms with E-state index in [1.165, 1.54) is 238 Å². The van der Waals surface area contributed by atoms with E-state index in [0.29, 0.717) is 17.4 Å². The van der Waals surface area contributed by atoms with Gasteiger partial charge in [-0.3, -0.25) is 13.8 Å². The molecule has 0 bridgehead atoms. The number of aliphatic hydroxyl groups is 1. The van der Waals surface area contributed by atoms with Crippen LogP contribution in [0.15, 0.2) is 36.5 Å². The quantitative estimate of drug-likeness (QED) is 0.0243. The van der Waals surface area contributed by atoms with Gasteiger partial charge in [0.05, 0.1) is 39.9 Å². The molecular formula is C61H120N2O6P+. The second-order valence-corrected chi connectivity index (χ2v) is 23.5. The molecule has 0 rings (SSSR count). The second-order valence-electron chi connectivity index (χ2n) is 22.1. The minimum atomic E-state index is -4.35. The summed E-state index contributed by atoms with van der Waals surface area (Å²) in [5.74, 6) is -0.183. The molecule has 0 aliphatic heterocycles. The van der Waals surface area contributed by atoms with Gasteiger partial charge in [-0.1, -0.05) is 269 Å². The molecule has 0 aromatic rings. The van der Waals surface area contributed by atoms with Crippen LogP contribution in [0.4, 0.5) is 0 Å². The van der Waals surface area contributed by atoms with E-state index in [2.05, 4.69) is 43.5 Å². The van der Waals surface area contributed by atoms with Gasteiger partial charge in [0, 0.05) is 6.42 Å². The Morgan fingerprint density at radius 3 is 1.14 bits per heavy atom. The first-order chi connectivity index (χ1) is 34.0. The molecule has 0 aromatic carbocycles. The fraction of sp³-hybridized carbons (Fsp3) is 0.885. The zero-order chi connectivity index (χ0) is 51.3. The Kier molecular flexibility index (Phi) is 51.6. The molecule has 1 amide bonds. The lowest BCUT2D eigenvalue weighted by atomic mass is 10.0. The van der Waals surface area contributed by atoms with Crippen molar-refractivity contribution in [2.75, 3.05) is 40.9 Å². The minimum Gasteiger partial charge on any atom is -0.387 e. The number of aliphatic hydroxyl groups excluding tert-OH is 1. The van der Waals surface area contributed by atoms with Crippen LogP contribution in [0.3, 0.4) is 0 Å². The number of nitrogens with one attached hydrogen (secondary N) is 1. The van der Waals surface area contributed by atoms with Crippen LogP contribution in [0, 0.1) is 0 Å². The van der Waals surface area contributed by atoms with Gasteiger partial charge >= 0.3 is 7.82 Å². The van der Waals surface area contributed by atoms with Crippen molar-refractivity contribution in [2.45, 2.75) is 309 Å². The standard InChI is InChI=1S/C61H119N2O6P/c1-6-8-10-12-14-16-18-20-22-24-26-27-28-29-30-31-32-33-34-35-37-39-41-43-45-47-49-51-53-55-61(65)62-59(58-69-70(66,67)68-57-56-63(3,4)5)60(64)54-52-50-48-46-44-42-40-38-36-25-23-21-19-17-15-13-11-9-7-2/h29-30,44,46,52,54,59-60,64H,6-28,31-43,45,47-51,53,55-58H2,1-5H3,(H-,62,65,66,67)/p+1/b30-29-,46-44+,54-52+. The van der Waals surface area contributed by atoms with Crippen LogP contribution < -0.4 is 5.32 Å². The van der Waals surface area contributed by atoms with E-state index in [1.807, 2.05) is 27.2 Å². The Bertz CT molecular complexity index is 1230. The number of hydrogen-bond donors (Lipinski definition) is 3. The van der Waals surface area contributed by atoms with Gasteiger partial charge in [-0.15, -0.1) is 0 Å². The lowest BCUT2D eigenvalue weighted by Gasteiger charge is -2.25. The molecule has 70 heavy (non-hydrogen) atoms. The summed E-state index contributed by atoms with van der Waals surface area (Å²) in [5, 5.41) is 13.9. The van der Waals surface area contributed by atoms with E-state index >= 15 is 0 Å². The van der Waals surface area contributed by atoms with Gasteiger partial charge in [-0.2, -0.15) is 0 Å². The lowest BCUT2D eigenvalue weighted by Crippen LogP contribution is -2.45. The largest absolute Gasteiger partial charge is 0.472 e. The van der Waals surface area contributed by atoms with Crippen molar-refractivity contribution in [3.05, 3.63) is 36.5 Å². The number of likely N-dealkylation sites (N-methyl/N-ethyl adjacent to an activating group) is 1. The number of amides is 1. The van der Waals surface area contributed by atoms with Gasteiger partial charge < -0.3 is 19.8 Å². The molecule has 3 N–H and O–H groups in total. The van der Waals surface area contributed by atoms with Crippen LogP contribution in [0.25, 0.3) is 0 Å². The predicted octanol–water partition coefficient (Wildman–Crippen LogP) is 18.5. The van der Waals surface area contributed by atoms with E-state index in [1.54, 1.807) is 6.08 Å². The molecule has 0 aliphatic rings. The molecule has 0 heterocycles. The summed E-state index contributed by atoms with van der Waals surface area (Å²) in [5.41, 5.74) is 0. The maximum absolute atomic E-state index is 13.0. The molecule has 0 saturated carbocycles. The zero-order valence-electron chi connectivity index (χ0n) is 47.3. The number of carbonyl (C=O) groups is 1. The maximum atomic E-state index is 13.0. The van der Waals surface area contributed by atoms with Crippen molar-refractivity contribution in [1.29, 1.82) is 0 Å². The van der Waals surface area contributed by atoms with E-state index in [4.69, 9.17) is 9.05 Å². The average molecular weight is 1010 g/mol. The van der Waals surface area contributed by atoms with Crippen LogP contribution in [-0.4, -0.2) is 73.4 Å². The average Bonchev–Trinajstić information content (AvgIpc) is 3.32. The van der Waals surface area contributed by atoms with E-state index in [0.717, 1.165) is 38.5 Å². The molecule has 414 valence electrons. The fourth-order valence-corrected chi connectivity index (χ4v) is 9.79. The number of quaternary nitrogens is 1. The van der Waals surface area contributed by atoms with Crippen LogP contribution >= 0.6 is 7.82 Å². The maximum Gasteiger partial charge on any atom is 0.472 e. The van der Waals surface area contributed by atoms with Crippen molar-refractivity contribution in [2.24, 2.45) is 0 Å². The van der Waals surface area contributed by atoms with E-state index in [9.17, 15) is 19.4 Å². The Hall–Kier alpha value is -1.28. The molecule has 9 heteroatoms. The van der Waals surface area contributed by atoms with Gasteiger partial charge in [0.1, 0.15) is 13.2 Å². The van der Waals surface area contributed by atoms with Gasteiger partial charge in [0.25, 0.3) is 0 Å². The first kappa shape index (κ1) is 68.7. The molecular weight excluding hydrogens is 888 g/mol. The third kappa shape index (κ3) is 54.5. The summed E-state index contributed by atoms with van der Waals surface area (Å²) in [7, 11) is 1.56. The van der Waals surface area contributed by atoms with Gasteiger partial charge in [0.2, 0.25) is 5.91 Å². The topological polar surface area (TPSA) is 105 Å². The van der Waals surface area contributed by atoms with Crippen molar-refractivity contribution in [3.63, 3.8) is 0 Å². The SMILES string of the molecule is CCCCCCCCCCCCCC/C=C\CCCCCCCCCCCCCCCC(=O)NC(COP(=O)(O)OCC[N+](C)(C)C)C(O)/C=C/CC/C=C/CCCCCCCCCCCCCCC. The highest BCUT2D eigenvalue weighted by atomic mass is 31.2. The molecule has 0 saturated heterocycles. The monoisotopic (exact) mass is 1010 g/mol. The van der Waals surface area contributed by atoms with Gasteiger partial charge in [-0.25, -0.2) is 4.57 Å². The third-order valence-electron chi connectivity index (χ3n) is 13.8. The van der Waals surface area contributed by atoms with Crippen LogP contribution in [0.2, 0.25) is 0 Å². The summed E-state index contributed by atoms with van der Waals surface area (Å²) in [6.45, 7) is 4.83. The van der Waals surface area contributed by atoms with E-state index in [-0.39, 0.29) is 19.1 Å². The van der Waals surface area contributed by atoms with Crippen LogP contribution in [0.1, 0.15) is 296 Å². The number of nitrogens with zero attached hydrogens (tertiary/aromatic N) is 1. The summed E-state index contributed by atoms with van der Waals surface area (Å²) >= 11 is 0. The van der Waals surface area contributed by atoms with Crippen molar-refractivity contribution >= 4 is 13.7 Å². The number of phosphoric ester groups is 1. The summed E-state index contributed by atoms with van der Waals surface area (Å²) in [4.78, 5) is 23.3. The molecule has 3 atom stereocenters. The highest BCUT2D eigenvalue weighted by Gasteiger charge is 2.27. The Morgan fingerprint density at radius 2 is 0.786 bits per heavy atom. The highest BCUT2D eigenvalue weighted by molar-refractivity contribution is 7.47. The van der Waals surface area contributed by atoms with Crippen LogP contribution in [-0.2, 0) is 18.4 Å². The third-order valence-corrected chi connectivity index (χ3v) is 14.8. The Balaban J connectivity index is 4.15. The molecule has 0 fully saturated rings. The van der Waals surface area contributed by atoms with Gasteiger partial charge in [0.15, 0.2) is 0 Å². The van der Waals surface area contributed by atoms with Gasteiger partial charge in [-0.05, 0) is 57.8 Å². The molecule has 0 aromatic heterocycles. The van der Waals surface area contributed by atoms with Crippen LogP contribution in [0.5, 0.6) is 0 Å².